The van der Waals surface area contributed by atoms with Gasteiger partial charge in [0.05, 0.1) is 5.75 Å². The lowest BCUT2D eigenvalue weighted by molar-refractivity contribution is 0.512. The summed E-state index contributed by atoms with van der Waals surface area (Å²) in [5.74, 6) is 2.53. The summed E-state index contributed by atoms with van der Waals surface area (Å²) in [6.07, 6.45) is 0.869. The van der Waals surface area contributed by atoms with Crippen molar-refractivity contribution in [3.05, 3.63) is 49.0 Å². The van der Waals surface area contributed by atoms with Gasteiger partial charge in [0.15, 0.2) is 0 Å². The van der Waals surface area contributed by atoms with Crippen LogP contribution in [0.4, 0.5) is 0 Å². The molecule has 2 nitrogen and oxygen atoms in total. The number of rotatable bonds is 5. The Balaban J connectivity index is 2.81. The fraction of sp³-hybridized carbons (Fsp3) is 0.167. The zero-order valence-electron chi connectivity index (χ0n) is 8.94. The lowest BCUT2D eigenvalue weighted by atomic mass is 9.65. The van der Waals surface area contributed by atoms with E-state index in [1.807, 2.05) is 19.1 Å². The molecule has 15 heavy (non-hydrogen) atoms. The highest BCUT2D eigenvalue weighted by Crippen LogP contribution is 2.18. The molecule has 0 saturated heterocycles. The van der Waals surface area contributed by atoms with E-state index in [-0.39, 0.29) is 12.7 Å². The standard InChI is InChI=1S/C12H15BO2/c1-4-13(5-2)15-12-8-6-7-11(9-12)10(3)14/h4,6-9,14H,1,3,5H2,2H3. The fourth-order valence-corrected chi connectivity index (χ4v) is 1.22. The van der Waals surface area contributed by atoms with Gasteiger partial charge in [0.1, 0.15) is 5.76 Å². The summed E-state index contributed by atoms with van der Waals surface area (Å²) in [5, 5.41) is 9.23. The average molecular weight is 202 g/mol. The molecule has 0 aliphatic rings. The summed E-state index contributed by atoms with van der Waals surface area (Å²) in [6, 6.07) is 7.21. The average Bonchev–Trinajstić information content (AvgIpc) is 2.26. The van der Waals surface area contributed by atoms with Crippen molar-refractivity contribution >= 4 is 12.7 Å². The third-order valence-electron chi connectivity index (χ3n) is 2.12. The highest BCUT2D eigenvalue weighted by atomic mass is 16.4. The van der Waals surface area contributed by atoms with E-state index >= 15 is 0 Å². The van der Waals surface area contributed by atoms with Crippen LogP contribution in [0.1, 0.15) is 12.5 Å². The summed E-state index contributed by atoms with van der Waals surface area (Å²) in [6.45, 7) is 9.20. The Morgan fingerprint density at radius 2 is 2.33 bits per heavy atom. The molecule has 1 aromatic carbocycles. The van der Waals surface area contributed by atoms with Crippen LogP contribution < -0.4 is 4.65 Å². The molecule has 0 fully saturated rings. The van der Waals surface area contributed by atoms with Crippen LogP contribution in [-0.4, -0.2) is 12.0 Å². The molecule has 1 N–H and O–H groups in total. The normalized spacial score (nSPS) is 9.40. The molecule has 0 radical (unpaired) electrons. The van der Waals surface area contributed by atoms with E-state index in [1.165, 1.54) is 0 Å². The van der Waals surface area contributed by atoms with Crippen LogP contribution in [0.3, 0.4) is 0 Å². The Kier molecular flexibility index (Phi) is 4.04. The highest BCUT2D eigenvalue weighted by Gasteiger charge is 2.10. The Morgan fingerprint density at radius 1 is 1.60 bits per heavy atom. The van der Waals surface area contributed by atoms with Crippen LogP contribution in [0.25, 0.3) is 5.76 Å². The summed E-state index contributed by atoms with van der Waals surface area (Å²) in [4.78, 5) is 0. The van der Waals surface area contributed by atoms with Gasteiger partial charge in [0.2, 0.25) is 0 Å². The second-order valence-corrected chi connectivity index (χ2v) is 3.27. The number of hydrogen-bond acceptors (Lipinski definition) is 2. The van der Waals surface area contributed by atoms with Crippen LogP contribution in [0.2, 0.25) is 6.32 Å². The summed E-state index contributed by atoms with van der Waals surface area (Å²) in [7, 11) is 0. The molecule has 0 aromatic heterocycles. The molecule has 0 saturated carbocycles. The molecule has 0 aliphatic heterocycles. The van der Waals surface area contributed by atoms with Gasteiger partial charge in [0.25, 0.3) is 0 Å². The van der Waals surface area contributed by atoms with Crippen LogP contribution in [0, 0.1) is 0 Å². The predicted octanol–water partition coefficient (Wildman–Crippen LogP) is 3.33. The van der Waals surface area contributed by atoms with Gasteiger partial charge in [-0.15, -0.1) is 6.58 Å². The zero-order chi connectivity index (χ0) is 11.3. The molecule has 0 unspecified atom stereocenters. The van der Waals surface area contributed by atoms with Crippen molar-refractivity contribution in [3.63, 3.8) is 0 Å². The second-order valence-electron chi connectivity index (χ2n) is 3.27. The Hall–Kier alpha value is -1.64. The van der Waals surface area contributed by atoms with Gasteiger partial charge in [-0.1, -0.05) is 31.6 Å². The molecule has 0 spiro atoms. The summed E-state index contributed by atoms with van der Waals surface area (Å²) >= 11 is 0. The summed E-state index contributed by atoms with van der Waals surface area (Å²) < 4.78 is 5.63. The SMILES string of the molecule is C=CB(CC)Oc1cccc(C(=C)O)c1. The van der Waals surface area contributed by atoms with E-state index in [2.05, 4.69) is 13.2 Å². The first-order valence-electron chi connectivity index (χ1n) is 4.95. The van der Waals surface area contributed by atoms with Crippen molar-refractivity contribution in [2.24, 2.45) is 0 Å². The van der Waals surface area contributed by atoms with E-state index in [9.17, 15) is 5.11 Å². The molecular formula is C12H15BO2. The number of hydrogen-bond donors (Lipinski definition) is 1. The molecule has 1 rings (SSSR count). The van der Waals surface area contributed by atoms with E-state index < -0.39 is 0 Å². The number of aliphatic hydroxyl groups is 1. The largest absolute Gasteiger partial charge is 0.556 e. The Bertz CT molecular complexity index is 360. The van der Waals surface area contributed by atoms with Crippen molar-refractivity contribution < 1.29 is 9.76 Å². The minimum Gasteiger partial charge on any atom is -0.556 e. The van der Waals surface area contributed by atoms with Gasteiger partial charge in [0, 0.05) is 5.56 Å². The summed E-state index contributed by atoms with van der Waals surface area (Å²) in [5.41, 5.74) is 0.673. The predicted molar refractivity (Wildman–Crippen MR) is 65.2 cm³/mol. The van der Waals surface area contributed by atoms with Gasteiger partial charge in [-0.3, -0.25) is 0 Å². The molecule has 3 heteroatoms. The molecule has 0 aliphatic carbocycles. The van der Waals surface area contributed by atoms with Gasteiger partial charge in [-0.25, -0.2) is 0 Å². The van der Waals surface area contributed by atoms with Crippen LogP contribution >= 0.6 is 0 Å². The first-order valence-corrected chi connectivity index (χ1v) is 4.95. The molecular weight excluding hydrogens is 187 g/mol. The molecule has 0 heterocycles. The maximum absolute atomic E-state index is 9.23. The third-order valence-corrected chi connectivity index (χ3v) is 2.12. The third kappa shape index (κ3) is 3.20. The first-order chi connectivity index (χ1) is 7.17. The van der Waals surface area contributed by atoms with Gasteiger partial charge in [-0.2, -0.15) is 0 Å². The molecule has 0 atom stereocenters. The molecule has 1 aromatic rings. The maximum Gasteiger partial charge on any atom is 0.383 e. The van der Waals surface area contributed by atoms with Crippen molar-refractivity contribution in [1.29, 1.82) is 0 Å². The zero-order valence-corrected chi connectivity index (χ0v) is 8.94. The van der Waals surface area contributed by atoms with Crippen molar-refractivity contribution in [3.8, 4) is 5.75 Å². The lowest BCUT2D eigenvalue weighted by Crippen LogP contribution is -2.17. The van der Waals surface area contributed by atoms with Gasteiger partial charge < -0.3 is 9.76 Å². The Labute approximate surface area is 91.0 Å². The quantitative estimate of drug-likeness (QED) is 0.586. The minimum atomic E-state index is 0.00667. The van der Waals surface area contributed by atoms with E-state index in [0.717, 1.165) is 12.1 Å². The number of aliphatic hydroxyl groups excluding tert-OH is 1. The second kappa shape index (κ2) is 5.30. The molecule has 0 amide bonds. The van der Waals surface area contributed by atoms with E-state index in [0.29, 0.717) is 5.56 Å². The number of benzene rings is 1. The topological polar surface area (TPSA) is 29.5 Å². The monoisotopic (exact) mass is 202 g/mol. The van der Waals surface area contributed by atoms with Crippen molar-refractivity contribution in [2.75, 3.05) is 0 Å². The van der Waals surface area contributed by atoms with Crippen molar-refractivity contribution in [2.45, 2.75) is 13.2 Å². The molecule has 0 bridgehead atoms. The van der Waals surface area contributed by atoms with Gasteiger partial charge >= 0.3 is 6.92 Å². The van der Waals surface area contributed by atoms with Crippen LogP contribution in [0.15, 0.2) is 43.4 Å². The smallest absolute Gasteiger partial charge is 0.383 e. The van der Waals surface area contributed by atoms with Crippen LogP contribution in [-0.2, 0) is 0 Å². The first kappa shape index (κ1) is 11.4. The fourth-order valence-electron chi connectivity index (χ4n) is 1.22. The minimum absolute atomic E-state index is 0.00667. The van der Waals surface area contributed by atoms with Gasteiger partial charge in [-0.05, 0) is 18.5 Å². The van der Waals surface area contributed by atoms with E-state index in [4.69, 9.17) is 4.65 Å². The molecule has 78 valence electrons. The lowest BCUT2D eigenvalue weighted by Gasteiger charge is -2.11. The highest BCUT2D eigenvalue weighted by molar-refractivity contribution is 6.58. The maximum atomic E-state index is 9.23. The van der Waals surface area contributed by atoms with Crippen molar-refractivity contribution in [1.82, 2.24) is 0 Å². The van der Waals surface area contributed by atoms with E-state index in [1.54, 1.807) is 18.1 Å². The Morgan fingerprint density at radius 3 is 2.87 bits per heavy atom. The van der Waals surface area contributed by atoms with Crippen LogP contribution in [0.5, 0.6) is 5.75 Å².